The molecule has 0 fully saturated rings. The Morgan fingerprint density at radius 3 is 2.38 bits per heavy atom. The van der Waals surface area contributed by atoms with Gasteiger partial charge in [0, 0.05) is 14.1 Å². The van der Waals surface area contributed by atoms with E-state index in [1.54, 1.807) is 26.2 Å². The summed E-state index contributed by atoms with van der Waals surface area (Å²) in [6.45, 7) is -0.852. The monoisotopic (exact) mass is 409 g/mol. The molecule has 0 saturated heterocycles. The Balaban J connectivity index is 1.98. The highest BCUT2D eigenvalue weighted by Gasteiger charge is 2.17. The third-order valence-corrected chi connectivity index (χ3v) is 3.70. The van der Waals surface area contributed by atoms with Crippen molar-refractivity contribution in [2.24, 2.45) is 0 Å². The molecule has 0 aliphatic carbocycles. The van der Waals surface area contributed by atoms with Crippen LogP contribution in [-0.2, 0) is 9.59 Å². The maximum absolute atomic E-state index is 13.6. The molecule has 2 aromatic carbocycles. The van der Waals surface area contributed by atoms with Crippen molar-refractivity contribution in [3.05, 3.63) is 59.4 Å². The molecule has 29 heavy (non-hydrogen) atoms. The van der Waals surface area contributed by atoms with Gasteiger partial charge in [0.05, 0.1) is 17.8 Å². The van der Waals surface area contributed by atoms with Crippen molar-refractivity contribution in [1.82, 2.24) is 10.2 Å². The number of nitrogens with zero attached hydrogens (tertiary/aromatic N) is 1. The molecule has 0 bridgehead atoms. The van der Waals surface area contributed by atoms with Crippen molar-refractivity contribution >= 4 is 23.4 Å². The van der Waals surface area contributed by atoms with E-state index in [-0.39, 0.29) is 23.8 Å². The third kappa shape index (κ3) is 5.71. The summed E-state index contributed by atoms with van der Waals surface area (Å²) in [4.78, 5) is 37.1. The van der Waals surface area contributed by atoms with Gasteiger partial charge in [-0.05, 0) is 24.3 Å². The Bertz CT molecular complexity index is 935. The number of hydrogen-bond acceptors (Lipinski definition) is 4. The van der Waals surface area contributed by atoms with Crippen molar-refractivity contribution in [2.75, 3.05) is 32.6 Å². The molecular weight excluding hydrogens is 391 g/mol. The molecule has 10 heteroatoms. The maximum atomic E-state index is 13.6. The van der Waals surface area contributed by atoms with E-state index in [4.69, 9.17) is 4.74 Å². The van der Waals surface area contributed by atoms with Crippen molar-refractivity contribution < 1.29 is 32.3 Å². The largest absolute Gasteiger partial charge is 0.483 e. The van der Waals surface area contributed by atoms with Gasteiger partial charge in [-0.3, -0.25) is 14.4 Å². The van der Waals surface area contributed by atoms with E-state index in [1.165, 1.54) is 17.0 Å². The van der Waals surface area contributed by atoms with E-state index in [9.17, 15) is 27.6 Å². The van der Waals surface area contributed by atoms with Gasteiger partial charge in [-0.1, -0.05) is 12.1 Å². The molecule has 0 radical (unpaired) electrons. The molecule has 0 atom stereocenters. The molecule has 0 aliphatic rings. The van der Waals surface area contributed by atoms with Gasteiger partial charge in [0.25, 0.3) is 11.8 Å². The second-order valence-corrected chi connectivity index (χ2v) is 6.03. The summed E-state index contributed by atoms with van der Waals surface area (Å²) in [7, 11) is 3.11. The quantitative estimate of drug-likeness (QED) is 0.685. The van der Waals surface area contributed by atoms with Crippen molar-refractivity contribution in [2.45, 2.75) is 0 Å². The van der Waals surface area contributed by atoms with E-state index < -0.39 is 41.5 Å². The van der Waals surface area contributed by atoms with E-state index in [0.29, 0.717) is 6.07 Å². The number of ether oxygens (including phenoxy) is 1. The van der Waals surface area contributed by atoms with Crippen LogP contribution >= 0.6 is 0 Å². The number of carbonyl (C=O) groups excluding carboxylic acids is 3. The summed E-state index contributed by atoms with van der Waals surface area (Å²) in [5, 5.41) is 4.33. The lowest BCUT2D eigenvalue weighted by atomic mass is 10.2. The first kappa shape index (κ1) is 21.7. The van der Waals surface area contributed by atoms with Gasteiger partial charge < -0.3 is 20.3 Å². The van der Waals surface area contributed by atoms with Gasteiger partial charge in [0.2, 0.25) is 5.91 Å². The smallest absolute Gasteiger partial charge is 0.259 e. The Morgan fingerprint density at radius 2 is 1.69 bits per heavy atom. The first-order valence-corrected chi connectivity index (χ1v) is 8.34. The van der Waals surface area contributed by atoms with Gasteiger partial charge in [0.15, 0.2) is 24.1 Å². The Labute approximate surface area is 164 Å². The van der Waals surface area contributed by atoms with Crippen LogP contribution in [0.25, 0.3) is 0 Å². The van der Waals surface area contributed by atoms with Gasteiger partial charge in [-0.25, -0.2) is 13.2 Å². The number of likely N-dealkylation sites (N-methyl/N-ethyl adjacent to an activating group) is 1. The molecule has 3 amide bonds. The average Bonchev–Trinajstić information content (AvgIpc) is 2.70. The predicted octanol–water partition coefficient (Wildman–Crippen LogP) is 1.94. The van der Waals surface area contributed by atoms with Crippen LogP contribution in [-0.4, -0.2) is 49.9 Å². The van der Waals surface area contributed by atoms with Gasteiger partial charge in [-0.2, -0.15) is 0 Å². The molecule has 2 N–H and O–H groups in total. The number of halogens is 3. The number of hydrogen-bond donors (Lipinski definition) is 2. The minimum Gasteiger partial charge on any atom is -0.483 e. The molecule has 0 spiro atoms. The number of amides is 3. The zero-order chi connectivity index (χ0) is 21.6. The third-order valence-electron chi connectivity index (χ3n) is 3.70. The summed E-state index contributed by atoms with van der Waals surface area (Å²) in [5.41, 5.74) is -0.486. The summed E-state index contributed by atoms with van der Waals surface area (Å²) in [6, 6.07) is 7.59. The number of carbonyl (C=O) groups is 3. The molecular formula is C19H18F3N3O4. The maximum Gasteiger partial charge on any atom is 0.259 e. The summed E-state index contributed by atoms with van der Waals surface area (Å²) in [5.74, 6) is -6.37. The number of benzene rings is 2. The second kappa shape index (κ2) is 9.58. The Morgan fingerprint density at radius 1 is 1.00 bits per heavy atom. The van der Waals surface area contributed by atoms with E-state index in [1.807, 2.05) is 5.32 Å². The SMILES string of the molecule is CN(C)C(=O)COc1ccccc1C(=O)NCC(=O)Nc1ccc(F)c(F)c1F. The Kier molecular flexibility index (Phi) is 7.18. The molecule has 7 nitrogen and oxygen atoms in total. The van der Waals surface area contributed by atoms with E-state index in [0.717, 1.165) is 6.07 Å². The average molecular weight is 409 g/mol. The molecule has 0 aliphatic heterocycles. The lowest BCUT2D eigenvalue weighted by molar-refractivity contribution is -0.130. The summed E-state index contributed by atoms with van der Waals surface area (Å²) in [6.07, 6.45) is 0. The zero-order valence-electron chi connectivity index (χ0n) is 15.6. The minimum atomic E-state index is -1.72. The highest BCUT2D eigenvalue weighted by Crippen LogP contribution is 2.20. The van der Waals surface area contributed by atoms with Crippen molar-refractivity contribution in [1.29, 1.82) is 0 Å². The van der Waals surface area contributed by atoms with Gasteiger partial charge in [0.1, 0.15) is 5.75 Å². The van der Waals surface area contributed by atoms with Crippen LogP contribution in [0.1, 0.15) is 10.4 Å². The highest BCUT2D eigenvalue weighted by atomic mass is 19.2. The van der Waals surface area contributed by atoms with Crippen molar-refractivity contribution in [3.63, 3.8) is 0 Å². The number of para-hydroxylation sites is 1. The first-order chi connectivity index (χ1) is 13.7. The topological polar surface area (TPSA) is 87.7 Å². The van der Waals surface area contributed by atoms with Crippen LogP contribution in [0.15, 0.2) is 36.4 Å². The number of nitrogens with one attached hydrogen (secondary N) is 2. The summed E-state index contributed by atoms with van der Waals surface area (Å²) >= 11 is 0. The number of anilines is 1. The molecule has 0 heterocycles. The van der Waals surface area contributed by atoms with Crippen LogP contribution in [0.2, 0.25) is 0 Å². The molecule has 0 unspecified atom stereocenters. The zero-order valence-corrected chi connectivity index (χ0v) is 15.6. The van der Waals surface area contributed by atoms with Crippen LogP contribution in [0.3, 0.4) is 0 Å². The second-order valence-electron chi connectivity index (χ2n) is 6.03. The molecule has 2 rings (SSSR count). The molecule has 2 aromatic rings. The Hall–Kier alpha value is -3.56. The van der Waals surface area contributed by atoms with Gasteiger partial charge in [-0.15, -0.1) is 0 Å². The van der Waals surface area contributed by atoms with Gasteiger partial charge >= 0.3 is 0 Å². The van der Waals surface area contributed by atoms with Crippen LogP contribution in [0.4, 0.5) is 18.9 Å². The van der Waals surface area contributed by atoms with E-state index in [2.05, 4.69) is 5.32 Å². The fraction of sp³-hybridized carbons (Fsp3) is 0.211. The van der Waals surface area contributed by atoms with E-state index >= 15 is 0 Å². The fourth-order valence-corrected chi connectivity index (χ4v) is 2.12. The summed E-state index contributed by atoms with van der Waals surface area (Å²) < 4.78 is 45.0. The van der Waals surface area contributed by atoms with Crippen LogP contribution in [0, 0.1) is 17.5 Å². The lowest BCUT2D eigenvalue weighted by Crippen LogP contribution is -2.33. The normalized spacial score (nSPS) is 10.2. The molecule has 0 saturated carbocycles. The lowest BCUT2D eigenvalue weighted by Gasteiger charge is -2.14. The fourth-order valence-electron chi connectivity index (χ4n) is 2.12. The molecule has 154 valence electrons. The van der Waals surface area contributed by atoms with Crippen LogP contribution in [0.5, 0.6) is 5.75 Å². The first-order valence-electron chi connectivity index (χ1n) is 8.34. The predicted molar refractivity (Wildman–Crippen MR) is 97.9 cm³/mol. The minimum absolute atomic E-state index is 0.0749. The molecule has 0 aromatic heterocycles. The standard InChI is InChI=1S/C19H18F3N3O4/c1-25(2)16(27)10-29-14-6-4-3-5-11(14)19(28)23-9-15(26)24-13-8-7-12(20)17(21)18(13)22/h3-8H,9-10H2,1-2H3,(H,23,28)(H,24,26). The van der Waals surface area contributed by atoms with Crippen LogP contribution < -0.4 is 15.4 Å². The highest BCUT2D eigenvalue weighted by molar-refractivity contribution is 6.01. The van der Waals surface area contributed by atoms with Crippen molar-refractivity contribution in [3.8, 4) is 5.75 Å². The number of rotatable bonds is 7.